The molecule has 0 amide bonds. The lowest BCUT2D eigenvalue weighted by atomic mass is 10.0. The summed E-state index contributed by atoms with van der Waals surface area (Å²) in [5.74, 6) is -0.458. The first-order chi connectivity index (χ1) is 7.61. The third-order valence-electron chi connectivity index (χ3n) is 2.05. The Balaban J connectivity index is 3.26. The van der Waals surface area contributed by atoms with Crippen LogP contribution in [0.1, 0.15) is 17.3 Å². The Morgan fingerprint density at radius 1 is 1.44 bits per heavy atom. The summed E-state index contributed by atoms with van der Waals surface area (Å²) in [6, 6.07) is 8.22. The van der Waals surface area contributed by atoms with Gasteiger partial charge in [-0.1, -0.05) is 12.1 Å². The summed E-state index contributed by atoms with van der Waals surface area (Å²) in [6.07, 6.45) is 0. The van der Waals surface area contributed by atoms with Gasteiger partial charge in [-0.2, -0.15) is 5.26 Å². The number of aliphatic hydroxyl groups is 1. The van der Waals surface area contributed by atoms with E-state index in [2.05, 4.69) is 0 Å². The summed E-state index contributed by atoms with van der Waals surface area (Å²) in [5, 5.41) is 18.0. The molecule has 0 radical (unpaired) electrons. The third-order valence-corrected chi connectivity index (χ3v) is 2.05. The molecule has 1 rings (SSSR count). The zero-order valence-corrected chi connectivity index (χ0v) is 9.02. The second kappa shape index (κ2) is 4.99. The van der Waals surface area contributed by atoms with Crippen molar-refractivity contribution in [1.29, 1.82) is 5.26 Å². The summed E-state index contributed by atoms with van der Waals surface area (Å²) < 4.78 is 5.01. The fourth-order valence-corrected chi connectivity index (χ4v) is 1.26. The summed E-state index contributed by atoms with van der Waals surface area (Å²) in [7, 11) is 1.44. The maximum Gasteiger partial charge on any atom is 0.210 e. The molecular weight excluding hydrogens is 206 g/mol. The molecule has 0 atom stereocenters. The van der Waals surface area contributed by atoms with Crippen molar-refractivity contribution < 1.29 is 14.6 Å². The quantitative estimate of drug-likeness (QED) is 0.365. The van der Waals surface area contributed by atoms with Crippen LogP contribution < -0.4 is 4.74 Å². The van der Waals surface area contributed by atoms with E-state index in [0.29, 0.717) is 5.75 Å². The number of allylic oxidation sites excluding steroid dienone is 2. The molecule has 16 heavy (non-hydrogen) atoms. The number of benzene rings is 1. The van der Waals surface area contributed by atoms with E-state index in [4.69, 9.17) is 10.00 Å². The Kier molecular flexibility index (Phi) is 3.67. The number of Topliss-reactive ketones (excluding diaryl/α,β-unsaturated/α-hetero) is 1. The van der Waals surface area contributed by atoms with Crippen LogP contribution in [0.4, 0.5) is 0 Å². The molecule has 0 spiro atoms. The largest absolute Gasteiger partial charge is 0.511 e. The molecular formula is C12H11NO3. The third kappa shape index (κ3) is 2.20. The number of carbonyl (C=O) groups is 1. The molecule has 0 unspecified atom stereocenters. The molecule has 1 aromatic carbocycles. The average Bonchev–Trinajstić information content (AvgIpc) is 2.29. The van der Waals surface area contributed by atoms with Gasteiger partial charge in [-0.3, -0.25) is 4.79 Å². The number of rotatable bonds is 3. The Morgan fingerprint density at radius 3 is 2.56 bits per heavy atom. The minimum atomic E-state index is -0.542. The van der Waals surface area contributed by atoms with Crippen molar-refractivity contribution >= 4 is 5.78 Å². The van der Waals surface area contributed by atoms with Crippen LogP contribution in [-0.4, -0.2) is 18.0 Å². The number of carbonyl (C=O) groups excluding carboxylic acids is 1. The first kappa shape index (κ1) is 11.8. The van der Waals surface area contributed by atoms with E-state index < -0.39 is 5.78 Å². The molecule has 0 aromatic heterocycles. The number of nitrogens with zero attached hydrogens (tertiary/aromatic N) is 1. The highest BCUT2D eigenvalue weighted by Gasteiger charge is 2.18. The van der Waals surface area contributed by atoms with E-state index in [1.807, 2.05) is 0 Å². The number of para-hydroxylation sites is 1. The van der Waals surface area contributed by atoms with Crippen LogP contribution in [0.5, 0.6) is 5.75 Å². The SMILES string of the molecule is COc1ccccc1C(=O)C(C#N)=C(C)O. The van der Waals surface area contributed by atoms with Crippen LogP contribution >= 0.6 is 0 Å². The average molecular weight is 217 g/mol. The molecule has 1 N–H and O–H groups in total. The van der Waals surface area contributed by atoms with Gasteiger partial charge in [0.2, 0.25) is 5.78 Å². The molecule has 4 heteroatoms. The minimum Gasteiger partial charge on any atom is -0.511 e. The van der Waals surface area contributed by atoms with Gasteiger partial charge in [0, 0.05) is 0 Å². The Morgan fingerprint density at radius 2 is 2.06 bits per heavy atom. The number of methoxy groups -OCH3 is 1. The van der Waals surface area contributed by atoms with Gasteiger partial charge in [0.25, 0.3) is 0 Å². The van der Waals surface area contributed by atoms with E-state index in [1.165, 1.54) is 14.0 Å². The van der Waals surface area contributed by atoms with Crippen molar-refractivity contribution in [3.05, 3.63) is 41.2 Å². The fraction of sp³-hybridized carbons (Fsp3) is 0.167. The van der Waals surface area contributed by atoms with Gasteiger partial charge in [-0.05, 0) is 19.1 Å². The highest BCUT2D eigenvalue weighted by Crippen LogP contribution is 2.21. The summed E-state index contributed by atoms with van der Waals surface area (Å²) >= 11 is 0. The molecule has 4 nitrogen and oxygen atoms in total. The zero-order chi connectivity index (χ0) is 12.1. The van der Waals surface area contributed by atoms with Gasteiger partial charge in [-0.25, -0.2) is 0 Å². The molecule has 0 heterocycles. The van der Waals surface area contributed by atoms with Crippen molar-refractivity contribution in [1.82, 2.24) is 0 Å². The van der Waals surface area contributed by atoms with Crippen LogP contribution in [0.2, 0.25) is 0 Å². The van der Waals surface area contributed by atoms with Crippen LogP contribution in [-0.2, 0) is 0 Å². The van der Waals surface area contributed by atoms with Gasteiger partial charge < -0.3 is 9.84 Å². The molecule has 0 saturated carbocycles. The standard InChI is InChI=1S/C12H11NO3/c1-8(14)10(7-13)12(15)9-5-3-4-6-11(9)16-2/h3-6,14H,1-2H3. The summed E-state index contributed by atoms with van der Waals surface area (Å²) in [4.78, 5) is 11.9. The first-order valence-electron chi connectivity index (χ1n) is 4.59. The smallest absolute Gasteiger partial charge is 0.210 e. The molecule has 82 valence electrons. The lowest BCUT2D eigenvalue weighted by Gasteiger charge is -2.06. The number of hydrogen-bond acceptors (Lipinski definition) is 4. The predicted molar refractivity (Wildman–Crippen MR) is 58.3 cm³/mol. The number of ketones is 1. The number of nitriles is 1. The highest BCUT2D eigenvalue weighted by molar-refractivity contribution is 6.13. The van der Waals surface area contributed by atoms with Crippen molar-refractivity contribution in [2.45, 2.75) is 6.92 Å². The number of ether oxygens (including phenoxy) is 1. The van der Waals surface area contributed by atoms with Crippen molar-refractivity contribution in [3.63, 3.8) is 0 Å². The lowest BCUT2D eigenvalue weighted by molar-refractivity contribution is 0.103. The zero-order valence-electron chi connectivity index (χ0n) is 9.02. The Bertz CT molecular complexity index is 479. The van der Waals surface area contributed by atoms with E-state index in [9.17, 15) is 9.90 Å². The predicted octanol–water partition coefficient (Wildman–Crippen LogP) is 2.23. The fourth-order valence-electron chi connectivity index (χ4n) is 1.26. The Labute approximate surface area is 93.4 Å². The van der Waals surface area contributed by atoms with Crippen LogP contribution in [0.15, 0.2) is 35.6 Å². The lowest BCUT2D eigenvalue weighted by Crippen LogP contribution is -2.06. The molecule has 0 aliphatic heterocycles. The van der Waals surface area contributed by atoms with Gasteiger partial charge in [-0.15, -0.1) is 0 Å². The monoisotopic (exact) mass is 217 g/mol. The van der Waals surface area contributed by atoms with Crippen molar-refractivity contribution in [2.75, 3.05) is 7.11 Å². The van der Waals surface area contributed by atoms with E-state index in [-0.39, 0.29) is 16.9 Å². The Hall–Kier alpha value is -2.28. The molecule has 0 aliphatic carbocycles. The molecule has 1 aromatic rings. The number of aliphatic hydroxyl groups excluding tert-OH is 1. The molecule has 0 aliphatic rings. The van der Waals surface area contributed by atoms with Gasteiger partial charge in [0.15, 0.2) is 0 Å². The molecule has 0 saturated heterocycles. The maximum atomic E-state index is 11.9. The van der Waals surface area contributed by atoms with Crippen LogP contribution in [0.3, 0.4) is 0 Å². The van der Waals surface area contributed by atoms with Gasteiger partial charge >= 0.3 is 0 Å². The molecule has 0 bridgehead atoms. The van der Waals surface area contributed by atoms with Crippen LogP contribution in [0.25, 0.3) is 0 Å². The summed E-state index contributed by atoms with van der Waals surface area (Å²) in [5.41, 5.74) is -0.0144. The van der Waals surface area contributed by atoms with E-state index >= 15 is 0 Å². The normalized spacial score (nSPS) is 11.3. The van der Waals surface area contributed by atoms with Gasteiger partial charge in [0.1, 0.15) is 23.2 Å². The van der Waals surface area contributed by atoms with E-state index in [1.54, 1.807) is 30.3 Å². The minimum absolute atomic E-state index is 0.259. The summed E-state index contributed by atoms with van der Waals surface area (Å²) in [6.45, 7) is 1.30. The second-order valence-corrected chi connectivity index (χ2v) is 3.10. The second-order valence-electron chi connectivity index (χ2n) is 3.10. The molecule has 0 fully saturated rings. The first-order valence-corrected chi connectivity index (χ1v) is 4.59. The highest BCUT2D eigenvalue weighted by atomic mass is 16.5. The van der Waals surface area contributed by atoms with Crippen LogP contribution in [0, 0.1) is 11.3 Å². The maximum absolute atomic E-state index is 11.9. The topological polar surface area (TPSA) is 70.3 Å². The number of hydrogen-bond donors (Lipinski definition) is 1. The van der Waals surface area contributed by atoms with Crippen molar-refractivity contribution in [3.8, 4) is 11.8 Å². The van der Waals surface area contributed by atoms with Crippen molar-refractivity contribution in [2.24, 2.45) is 0 Å². The van der Waals surface area contributed by atoms with E-state index in [0.717, 1.165) is 0 Å². The van der Waals surface area contributed by atoms with Gasteiger partial charge in [0.05, 0.1) is 12.7 Å².